The van der Waals surface area contributed by atoms with Crippen LogP contribution in [0.2, 0.25) is 0 Å². The van der Waals surface area contributed by atoms with E-state index in [1.165, 1.54) is 44.6 Å². The summed E-state index contributed by atoms with van der Waals surface area (Å²) in [5.74, 6) is 5.41. The Bertz CT molecular complexity index is 518. The molecule has 22 heavy (non-hydrogen) atoms. The highest BCUT2D eigenvalue weighted by molar-refractivity contribution is 7.89. The first-order chi connectivity index (χ1) is 10.6. The second-order valence-corrected chi connectivity index (χ2v) is 7.07. The number of benzene rings is 1. The van der Waals surface area contributed by atoms with Gasteiger partial charge >= 0.3 is 0 Å². The predicted molar refractivity (Wildman–Crippen MR) is 89.1 cm³/mol. The molecule has 0 aliphatic rings. The molecule has 1 aromatic rings. The molecule has 0 radical (unpaired) electrons. The molecule has 6 heteroatoms. The molecule has 0 fully saturated rings. The molecule has 1 aromatic carbocycles. The van der Waals surface area contributed by atoms with Crippen molar-refractivity contribution in [1.29, 1.82) is 0 Å². The summed E-state index contributed by atoms with van der Waals surface area (Å²) in [7, 11) is -3.69. The maximum Gasteiger partial charge on any atom is 0.256 e. The zero-order valence-corrected chi connectivity index (χ0v) is 14.2. The van der Waals surface area contributed by atoms with Crippen LogP contribution in [0.5, 0.6) is 5.75 Å². The Kier molecular flexibility index (Phi) is 9.11. The zero-order valence-electron chi connectivity index (χ0n) is 13.4. The molecule has 5 nitrogen and oxygen atoms in total. The Morgan fingerprint density at radius 3 is 2.23 bits per heavy atom. The van der Waals surface area contributed by atoms with Crippen LogP contribution in [0.3, 0.4) is 0 Å². The quantitative estimate of drug-likeness (QED) is 0.350. The van der Waals surface area contributed by atoms with Crippen molar-refractivity contribution in [2.24, 2.45) is 5.84 Å². The zero-order chi connectivity index (χ0) is 16.3. The van der Waals surface area contributed by atoms with Gasteiger partial charge in [0.15, 0.2) is 0 Å². The lowest BCUT2D eigenvalue weighted by molar-refractivity contribution is 0.296. The summed E-state index contributed by atoms with van der Waals surface area (Å²) in [6.45, 7) is 2.74. The molecule has 0 heterocycles. The number of nitrogens with two attached hydrogens (primary N) is 1. The first-order valence-electron chi connectivity index (χ1n) is 8.06. The maximum absolute atomic E-state index is 11.8. The summed E-state index contributed by atoms with van der Waals surface area (Å²) in [6, 6.07) is 6.53. The lowest BCUT2D eigenvalue weighted by Crippen LogP contribution is -2.30. The van der Waals surface area contributed by atoms with Crippen LogP contribution in [-0.2, 0) is 10.0 Å². The number of hydrogen-bond donors (Lipinski definition) is 2. The number of unbranched alkanes of at least 4 members (excludes halogenated alkanes) is 7. The van der Waals surface area contributed by atoms with Crippen molar-refractivity contribution in [2.75, 3.05) is 6.61 Å². The van der Waals surface area contributed by atoms with Gasteiger partial charge in [0.1, 0.15) is 10.6 Å². The standard InChI is InChI=1S/C16H28N2O3S/c1-2-3-4-5-6-7-8-11-14-21-15-12-9-10-13-16(15)22(19,20)18-17/h9-10,12-13,18H,2-8,11,14,17H2,1H3. The predicted octanol–water partition coefficient (Wildman–Crippen LogP) is 3.36. The summed E-state index contributed by atoms with van der Waals surface area (Å²) in [6.07, 6.45) is 9.73. The van der Waals surface area contributed by atoms with Crippen molar-refractivity contribution < 1.29 is 13.2 Å². The van der Waals surface area contributed by atoms with Crippen LogP contribution in [0.4, 0.5) is 0 Å². The van der Waals surface area contributed by atoms with Crippen molar-refractivity contribution in [2.45, 2.75) is 63.2 Å². The van der Waals surface area contributed by atoms with Crippen molar-refractivity contribution >= 4 is 10.0 Å². The van der Waals surface area contributed by atoms with Gasteiger partial charge in [-0.1, -0.05) is 64.0 Å². The number of rotatable bonds is 12. The van der Waals surface area contributed by atoms with E-state index in [0.717, 1.165) is 12.8 Å². The third-order valence-electron chi connectivity index (χ3n) is 3.55. The minimum atomic E-state index is -3.69. The second-order valence-electron chi connectivity index (χ2n) is 5.39. The fourth-order valence-corrected chi connectivity index (χ4v) is 3.05. The third kappa shape index (κ3) is 6.77. The number of sulfonamides is 1. The van der Waals surface area contributed by atoms with Crippen LogP contribution in [0.1, 0.15) is 58.3 Å². The molecular formula is C16H28N2O3S. The van der Waals surface area contributed by atoms with Crippen molar-refractivity contribution in [1.82, 2.24) is 4.83 Å². The Hall–Kier alpha value is -1.11. The number of para-hydroxylation sites is 1. The van der Waals surface area contributed by atoms with Gasteiger partial charge in [0.2, 0.25) is 0 Å². The Balaban J connectivity index is 2.29. The van der Waals surface area contributed by atoms with E-state index in [1.54, 1.807) is 18.2 Å². The van der Waals surface area contributed by atoms with E-state index in [-0.39, 0.29) is 4.90 Å². The fourth-order valence-electron chi connectivity index (χ4n) is 2.27. The molecule has 0 saturated heterocycles. The Labute approximate surface area is 134 Å². The molecule has 1 rings (SSSR count). The first-order valence-corrected chi connectivity index (χ1v) is 9.54. The number of hydrazine groups is 1. The maximum atomic E-state index is 11.8. The SMILES string of the molecule is CCCCCCCCCCOc1ccccc1S(=O)(=O)NN. The summed E-state index contributed by atoms with van der Waals surface area (Å²) in [5.41, 5.74) is 0. The van der Waals surface area contributed by atoms with E-state index >= 15 is 0 Å². The number of hydrogen-bond acceptors (Lipinski definition) is 4. The van der Waals surface area contributed by atoms with E-state index in [1.807, 2.05) is 4.83 Å². The minimum absolute atomic E-state index is 0.0806. The molecule has 3 N–H and O–H groups in total. The third-order valence-corrected chi connectivity index (χ3v) is 4.78. The monoisotopic (exact) mass is 328 g/mol. The van der Waals surface area contributed by atoms with Crippen LogP contribution in [0, 0.1) is 0 Å². The molecule has 126 valence electrons. The Morgan fingerprint density at radius 2 is 1.59 bits per heavy atom. The summed E-state index contributed by atoms with van der Waals surface area (Å²) < 4.78 is 29.1. The van der Waals surface area contributed by atoms with Gasteiger partial charge in [-0.15, -0.1) is 4.83 Å². The van der Waals surface area contributed by atoms with Crippen molar-refractivity contribution in [3.8, 4) is 5.75 Å². The second kappa shape index (κ2) is 10.6. The van der Waals surface area contributed by atoms with E-state index in [2.05, 4.69) is 6.92 Å². The average Bonchev–Trinajstić information content (AvgIpc) is 2.53. The summed E-state index contributed by atoms with van der Waals surface area (Å²) >= 11 is 0. The topological polar surface area (TPSA) is 81.4 Å². The fraction of sp³-hybridized carbons (Fsp3) is 0.625. The molecule has 0 bridgehead atoms. The lowest BCUT2D eigenvalue weighted by atomic mass is 10.1. The molecule has 0 spiro atoms. The van der Waals surface area contributed by atoms with E-state index in [4.69, 9.17) is 10.6 Å². The van der Waals surface area contributed by atoms with Gasteiger partial charge in [-0.05, 0) is 18.6 Å². The molecule has 0 atom stereocenters. The van der Waals surface area contributed by atoms with Gasteiger partial charge in [-0.3, -0.25) is 5.84 Å². The van der Waals surface area contributed by atoms with Crippen LogP contribution >= 0.6 is 0 Å². The van der Waals surface area contributed by atoms with Gasteiger partial charge in [0.25, 0.3) is 10.0 Å². The molecule has 0 saturated carbocycles. The molecule has 0 aliphatic heterocycles. The number of ether oxygens (including phenoxy) is 1. The minimum Gasteiger partial charge on any atom is -0.492 e. The van der Waals surface area contributed by atoms with E-state index < -0.39 is 10.0 Å². The highest BCUT2D eigenvalue weighted by Gasteiger charge is 2.17. The normalized spacial score (nSPS) is 11.5. The van der Waals surface area contributed by atoms with Crippen molar-refractivity contribution in [3.63, 3.8) is 0 Å². The van der Waals surface area contributed by atoms with Gasteiger partial charge in [0, 0.05) is 0 Å². The molecule has 0 aliphatic carbocycles. The van der Waals surface area contributed by atoms with Gasteiger partial charge in [-0.25, -0.2) is 8.42 Å². The van der Waals surface area contributed by atoms with Gasteiger partial charge in [-0.2, -0.15) is 0 Å². The van der Waals surface area contributed by atoms with Crippen LogP contribution in [-0.4, -0.2) is 15.0 Å². The lowest BCUT2D eigenvalue weighted by Gasteiger charge is -2.11. The average molecular weight is 328 g/mol. The summed E-state index contributed by atoms with van der Waals surface area (Å²) in [4.78, 5) is 1.91. The van der Waals surface area contributed by atoms with Crippen LogP contribution in [0.25, 0.3) is 0 Å². The molecule has 0 aromatic heterocycles. The van der Waals surface area contributed by atoms with Crippen LogP contribution in [0.15, 0.2) is 29.2 Å². The van der Waals surface area contributed by atoms with Crippen LogP contribution < -0.4 is 15.4 Å². The highest BCUT2D eigenvalue weighted by Crippen LogP contribution is 2.23. The molecule has 0 amide bonds. The summed E-state index contributed by atoms with van der Waals surface area (Å²) in [5, 5.41) is 0. The first kappa shape index (κ1) is 18.9. The van der Waals surface area contributed by atoms with Crippen molar-refractivity contribution in [3.05, 3.63) is 24.3 Å². The highest BCUT2D eigenvalue weighted by atomic mass is 32.2. The smallest absolute Gasteiger partial charge is 0.256 e. The molecule has 0 unspecified atom stereocenters. The largest absolute Gasteiger partial charge is 0.492 e. The molecular weight excluding hydrogens is 300 g/mol. The Morgan fingerprint density at radius 1 is 1.00 bits per heavy atom. The van der Waals surface area contributed by atoms with Gasteiger partial charge < -0.3 is 4.74 Å². The van der Waals surface area contributed by atoms with E-state index in [0.29, 0.717) is 12.4 Å². The van der Waals surface area contributed by atoms with Gasteiger partial charge in [0.05, 0.1) is 6.61 Å². The number of nitrogens with one attached hydrogen (secondary N) is 1. The van der Waals surface area contributed by atoms with E-state index in [9.17, 15) is 8.42 Å².